The summed E-state index contributed by atoms with van der Waals surface area (Å²) in [4.78, 5) is 0. The maximum absolute atomic E-state index is 5.96. The molecule has 0 aromatic heterocycles. The van der Waals surface area contributed by atoms with Crippen LogP contribution in [0.25, 0.3) is 0 Å². The van der Waals surface area contributed by atoms with E-state index in [0.717, 1.165) is 15.8 Å². The van der Waals surface area contributed by atoms with Crippen molar-refractivity contribution in [2.75, 3.05) is 0 Å². The van der Waals surface area contributed by atoms with Crippen molar-refractivity contribution in [1.29, 1.82) is 0 Å². The van der Waals surface area contributed by atoms with Gasteiger partial charge < -0.3 is 0 Å². The minimum Gasteiger partial charge on any atom is -0.0840 e. The van der Waals surface area contributed by atoms with Gasteiger partial charge in [0.15, 0.2) is 0 Å². The van der Waals surface area contributed by atoms with E-state index in [4.69, 9.17) is 11.6 Å². The fourth-order valence-corrected chi connectivity index (χ4v) is 1.67. The first-order valence-electron chi connectivity index (χ1n) is 3.52. The molecule has 0 saturated carbocycles. The molecule has 0 nitrogen and oxygen atoms in total. The van der Waals surface area contributed by atoms with Crippen LogP contribution in [0.2, 0.25) is 5.02 Å². The van der Waals surface area contributed by atoms with Gasteiger partial charge in [-0.2, -0.15) is 0 Å². The van der Waals surface area contributed by atoms with Crippen molar-refractivity contribution in [2.24, 2.45) is 0 Å². The fraction of sp³-hybridized carbons (Fsp3) is 0.333. The van der Waals surface area contributed by atoms with E-state index in [9.17, 15) is 0 Å². The Labute approximate surface area is 76.0 Å². The van der Waals surface area contributed by atoms with Crippen LogP contribution >= 0.6 is 11.6 Å². The highest BCUT2D eigenvalue weighted by molar-refractivity contribution is 6.38. The fourth-order valence-electron chi connectivity index (χ4n) is 1.00. The Kier molecular flexibility index (Phi) is 2.40. The molecule has 0 amide bonds. The Morgan fingerprint density at radius 1 is 1.18 bits per heavy atom. The van der Waals surface area contributed by atoms with Crippen molar-refractivity contribution in [3.63, 3.8) is 0 Å². The van der Waals surface area contributed by atoms with E-state index < -0.39 is 0 Å². The standard InChI is InChI=1S/C9H10ClSi/c1-5-4-8(10)7(3)9(11)6(5)2/h4H,1-3H3. The van der Waals surface area contributed by atoms with Gasteiger partial charge in [-0.3, -0.25) is 0 Å². The molecule has 0 fully saturated rings. The Morgan fingerprint density at radius 3 is 2.27 bits per heavy atom. The summed E-state index contributed by atoms with van der Waals surface area (Å²) in [7, 11) is 3.55. The number of benzene rings is 1. The lowest BCUT2D eigenvalue weighted by Crippen LogP contribution is -2.13. The molecule has 0 aliphatic carbocycles. The third kappa shape index (κ3) is 1.49. The summed E-state index contributed by atoms with van der Waals surface area (Å²) < 4.78 is 0. The van der Waals surface area contributed by atoms with E-state index >= 15 is 0 Å². The second-order valence-electron chi connectivity index (χ2n) is 2.80. The first-order chi connectivity index (χ1) is 5.04. The number of hydrogen-bond acceptors (Lipinski definition) is 0. The molecule has 0 aliphatic rings. The number of halogens is 1. The highest BCUT2D eigenvalue weighted by Gasteiger charge is 2.03. The van der Waals surface area contributed by atoms with Gasteiger partial charge >= 0.3 is 0 Å². The molecule has 0 saturated heterocycles. The lowest BCUT2D eigenvalue weighted by molar-refractivity contribution is 1.33. The van der Waals surface area contributed by atoms with Gasteiger partial charge in [0.05, 0.1) is 10.2 Å². The van der Waals surface area contributed by atoms with E-state index in [1.807, 2.05) is 13.0 Å². The van der Waals surface area contributed by atoms with Crippen molar-refractivity contribution in [2.45, 2.75) is 20.8 Å². The highest BCUT2D eigenvalue weighted by Crippen LogP contribution is 2.16. The molecular formula is C9H10ClSi. The van der Waals surface area contributed by atoms with Crippen LogP contribution in [0, 0.1) is 20.8 Å². The van der Waals surface area contributed by atoms with Crippen LogP contribution in [0.4, 0.5) is 0 Å². The van der Waals surface area contributed by atoms with Crippen LogP contribution in [0.15, 0.2) is 6.07 Å². The monoisotopic (exact) mass is 181 g/mol. The van der Waals surface area contributed by atoms with Crippen molar-refractivity contribution < 1.29 is 0 Å². The van der Waals surface area contributed by atoms with Crippen LogP contribution in [0.1, 0.15) is 16.7 Å². The summed E-state index contributed by atoms with van der Waals surface area (Å²) in [6.45, 7) is 6.16. The molecule has 0 bridgehead atoms. The average Bonchev–Trinajstić information content (AvgIpc) is 1.97. The zero-order valence-corrected chi connectivity index (χ0v) is 8.71. The Bertz CT molecular complexity index is 266. The molecule has 11 heavy (non-hydrogen) atoms. The smallest absolute Gasteiger partial charge is 0.0720 e. The molecule has 3 radical (unpaired) electrons. The molecule has 1 rings (SSSR count). The second kappa shape index (κ2) is 3.00. The SMILES string of the molecule is Cc1cc(Cl)c(C)c([Si])c1C. The van der Waals surface area contributed by atoms with E-state index in [1.54, 1.807) is 0 Å². The van der Waals surface area contributed by atoms with Crippen LogP contribution < -0.4 is 5.19 Å². The maximum Gasteiger partial charge on any atom is 0.0720 e. The minimum atomic E-state index is 0.832. The summed E-state index contributed by atoms with van der Waals surface area (Å²) >= 11 is 5.96. The Hall–Kier alpha value is -0.273. The van der Waals surface area contributed by atoms with Crippen molar-refractivity contribution in [3.8, 4) is 0 Å². The molecular weight excluding hydrogens is 172 g/mol. The van der Waals surface area contributed by atoms with Gasteiger partial charge in [-0.15, -0.1) is 0 Å². The van der Waals surface area contributed by atoms with E-state index in [2.05, 4.69) is 24.1 Å². The van der Waals surface area contributed by atoms with E-state index in [1.165, 1.54) is 11.1 Å². The molecule has 0 atom stereocenters. The summed E-state index contributed by atoms with van der Waals surface area (Å²) in [5.74, 6) is 0. The summed E-state index contributed by atoms with van der Waals surface area (Å²) in [6.07, 6.45) is 0. The predicted molar refractivity (Wildman–Crippen MR) is 51.1 cm³/mol. The maximum atomic E-state index is 5.96. The molecule has 2 heteroatoms. The molecule has 0 aliphatic heterocycles. The quantitative estimate of drug-likeness (QED) is 0.538. The van der Waals surface area contributed by atoms with Gasteiger partial charge in [0.2, 0.25) is 0 Å². The normalized spacial score (nSPS) is 10.3. The molecule has 1 aromatic rings. The van der Waals surface area contributed by atoms with Gasteiger partial charge in [0.25, 0.3) is 0 Å². The van der Waals surface area contributed by atoms with Crippen LogP contribution in [-0.4, -0.2) is 10.2 Å². The van der Waals surface area contributed by atoms with Crippen molar-refractivity contribution >= 4 is 27.0 Å². The van der Waals surface area contributed by atoms with Crippen LogP contribution in [-0.2, 0) is 0 Å². The van der Waals surface area contributed by atoms with Gasteiger partial charge in [-0.05, 0) is 43.5 Å². The largest absolute Gasteiger partial charge is 0.0840 e. The van der Waals surface area contributed by atoms with E-state index in [-0.39, 0.29) is 0 Å². The lowest BCUT2D eigenvalue weighted by Gasteiger charge is -2.09. The molecule has 57 valence electrons. The van der Waals surface area contributed by atoms with Gasteiger partial charge in [-0.25, -0.2) is 0 Å². The summed E-state index contributed by atoms with van der Waals surface area (Å²) in [5.41, 5.74) is 3.61. The third-order valence-electron chi connectivity index (χ3n) is 2.04. The molecule has 0 spiro atoms. The first kappa shape index (κ1) is 8.82. The van der Waals surface area contributed by atoms with Crippen molar-refractivity contribution in [3.05, 3.63) is 27.8 Å². The summed E-state index contributed by atoms with van der Waals surface area (Å²) in [5, 5.41) is 1.95. The topological polar surface area (TPSA) is 0 Å². The third-order valence-corrected chi connectivity index (χ3v) is 3.19. The number of aryl methyl sites for hydroxylation is 1. The lowest BCUT2D eigenvalue weighted by atomic mass is 10.1. The van der Waals surface area contributed by atoms with Crippen molar-refractivity contribution in [1.82, 2.24) is 0 Å². The second-order valence-corrected chi connectivity index (χ2v) is 3.71. The first-order valence-corrected chi connectivity index (χ1v) is 4.39. The summed E-state index contributed by atoms with van der Waals surface area (Å²) in [6, 6.07) is 2.00. The van der Waals surface area contributed by atoms with Gasteiger partial charge in [-0.1, -0.05) is 16.8 Å². The zero-order valence-electron chi connectivity index (χ0n) is 6.96. The molecule has 0 N–H and O–H groups in total. The van der Waals surface area contributed by atoms with E-state index in [0.29, 0.717) is 0 Å². The molecule has 1 aromatic carbocycles. The highest BCUT2D eigenvalue weighted by atomic mass is 35.5. The van der Waals surface area contributed by atoms with Crippen LogP contribution in [0.5, 0.6) is 0 Å². The van der Waals surface area contributed by atoms with Gasteiger partial charge in [0, 0.05) is 5.02 Å². The Balaban J connectivity index is 3.46. The molecule has 0 heterocycles. The van der Waals surface area contributed by atoms with Gasteiger partial charge in [0.1, 0.15) is 0 Å². The average molecular weight is 182 g/mol. The number of hydrogen-bond donors (Lipinski definition) is 0. The zero-order chi connectivity index (χ0) is 8.59. The van der Waals surface area contributed by atoms with Crippen LogP contribution in [0.3, 0.4) is 0 Å². The predicted octanol–water partition coefficient (Wildman–Crippen LogP) is 2.06. The number of rotatable bonds is 0. The molecule has 0 unspecified atom stereocenters. The minimum absolute atomic E-state index is 0.832. The Morgan fingerprint density at radius 2 is 1.73 bits per heavy atom.